The molecule has 0 saturated carbocycles. The lowest BCUT2D eigenvalue weighted by atomic mass is 10.0. The molecule has 8 heteroatoms. The van der Waals surface area contributed by atoms with Crippen molar-refractivity contribution in [1.29, 1.82) is 0 Å². The van der Waals surface area contributed by atoms with E-state index in [0.29, 0.717) is 10.1 Å². The van der Waals surface area contributed by atoms with E-state index in [1.165, 1.54) is 15.5 Å². The van der Waals surface area contributed by atoms with E-state index in [0.717, 1.165) is 0 Å². The molecule has 0 aromatic carbocycles. The van der Waals surface area contributed by atoms with Gasteiger partial charge in [0.05, 0.1) is 5.92 Å². The van der Waals surface area contributed by atoms with Gasteiger partial charge >= 0.3 is 5.97 Å². The number of pyridine rings is 1. The number of hydrogen-bond acceptors (Lipinski definition) is 3. The number of amides is 1. The molecule has 0 atom stereocenters. The van der Waals surface area contributed by atoms with Crippen molar-refractivity contribution in [2.75, 3.05) is 13.1 Å². The van der Waals surface area contributed by atoms with Crippen LogP contribution >= 0.6 is 15.9 Å². The lowest BCUT2D eigenvalue weighted by molar-refractivity contribution is -0.146. The summed E-state index contributed by atoms with van der Waals surface area (Å²) in [5.74, 6) is -2.86. The minimum Gasteiger partial charge on any atom is -0.481 e. The maximum absolute atomic E-state index is 14.2. The predicted molar refractivity (Wildman–Crippen MR) is 69.9 cm³/mol. The molecule has 0 bridgehead atoms. The molecule has 1 amide bonds. The molecule has 1 aliphatic rings. The number of halogens is 2. The quantitative estimate of drug-likeness (QED) is 0.895. The van der Waals surface area contributed by atoms with Gasteiger partial charge in [0.25, 0.3) is 5.91 Å². The van der Waals surface area contributed by atoms with E-state index in [1.54, 1.807) is 12.1 Å². The van der Waals surface area contributed by atoms with Gasteiger partial charge in [0.2, 0.25) is 5.95 Å². The monoisotopic (exact) mass is 341 g/mol. The van der Waals surface area contributed by atoms with E-state index in [1.807, 2.05) is 0 Å². The van der Waals surface area contributed by atoms with Gasteiger partial charge in [-0.15, -0.1) is 0 Å². The fraction of sp³-hybridized carbons (Fsp3) is 0.250. The Balaban J connectivity index is 1.89. The average molecular weight is 342 g/mol. The molecule has 3 heterocycles. The molecule has 6 nitrogen and oxygen atoms in total. The zero-order chi connectivity index (χ0) is 14.4. The summed E-state index contributed by atoms with van der Waals surface area (Å²) in [7, 11) is 0. The summed E-state index contributed by atoms with van der Waals surface area (Å²) in [4.78, 5) is 28.0. The average Bonchev–Trinajstić information content (AvgIpc) is 2.64. The molecular formula is C12H9BrFN3O3. The summed E-state index contributed by atoms with van der Waals surface area (Å²) in [6.45, 7) is 0.177. The minimum atomic E-state index is -0.951. The van der Waals surface area contributed by atoms with Crippen molar-refractivity contribution in [3.63, 3.8) is 0 Å². The number of carboxylic acids is 1. The van der Waals surface area contributed by atoms with Crippen molar-refractivity contribution in [2.24, 2.45) is 5.92 Å². The van der Waals surface area contributed by atoms with Crippen LogP contribution in [0.5, 0.6) is 0 Å². The molecule has 2 aromatic heterocycles. The van der Waals surface area contributed by atoms with Crippen molar-refractivity contribution in [3.05, 3.63) is 34.4 Å². The second kappa shape index (κ2) is 4.55. The Bertz CT molecular complexity index is 724. The Morgan fingerprint density at radius 1 is 1.40 bits per heavy atom. The highest BCUT2D eigenvalue weighted by molar-refractivity contribution is 9.10. The maximum Gasteiger partial charge on any atom is 0.310 e. The third-order valence-corrected chi connectivity index (χ3v) is 3.71. The van der Waals surface area contributed by atoms with E-state index in [2.05, 4.69) is 20.9 Å². The number of likely N-dealkylation sites (tertiary alicyclic amines) is 1. The molecule has 0 unspecified atom stereocenters. The number of nitrogens with zero attached hydrogens (tertiary/aromatic N) is 3. The fourth-order valence-corrected chi connectivity index (χ4v) is 2.41. The molecule has 1 fully saturated rings. The zero-order valence-corrected chi connectivity index (χ0v) is 11.7. The largest absolute Gasteiger partial charge is 0.481 e. The number of carbonyl (C=O) groups is 2. The highest BCUT2D eigenvalue weighted by atomic mass is 79.9. The van der Waals surface area contributed by atoms with Gasteiger partial charge in [-0.05, 0) is 28.1 Å². The highest BCUT2D eigenvalue weighted by Gasteiger charge is 2.38. The van der Waals surface area contributed by atoms with Crippen molar-refractivity contribution >= 4 is 33.5 Å². The van der Waals surface area contributed by atoms with Gasteiger partial charge in [0.15, 0.2) is 5.69 Å². The first-order chi connectivity index (χ1) is 9.47. The van der Waals surface area contributed by atoms with Crippen LogP contribution in [0.15, 0.2) is 22.8 Å². The van der Waals surface area contributed by atoms with Crippen molar-refractivity contribution in [2.45, 2.75) is 0 Å². The van der Waals surface area contributed by atoms with Gasteiger partial charge in [-0.1, -0.05) is 0 Å². The van der Waals surface area contributed by atoms with Crippen LogP contribution in [0.25, 0.3) is 5.65 Å². The number of fused-ring (bicyclic) bond motifs is 1. The summed E-state index contributed by atoms with van der Waals surface area (Å²) in [5, 5.41) is 8.77. The Kier molecular flexibility index (Phi) is 2.97. The third kappa shape index (κ3) is 1.96. The fourth-order valence-electron chi connectivity index (χ4n) is 2.08. The SMILES string of the molecule is O=C(O)C1CN(C(=O)c2nc3ccc(Br)cn3c2F)C1. The summed E-state index contributed by atoms with van der Waals surface area (Å²) in [6.07, 6.45) is 1.48. The topological polar surface area (TPSA) is 74.9 Å². The van der Waals surface area contributed by atoms with Gasteiger partial charge in [0.1, 0.15) is 5.65 Å². The standard InChI is InChI=1S/C12H9BrFN3O3/c13-7-1-2-8-15-9(10(14)17(8)5-7)11(18)16-3-6(4-16)12(19)20/h1-2,5-6H,3-4H2,(H,19,20). The van der Waals surface area contributed by atoms with Gasteiger partial charge in [-0.3, -0.25) is 14.0 Å². The number of aromatic nitrogens is 2. The summed E-state index contributed by atoms with van der Waals surface area (Å²) >= 11 is 3.21. The summed E-state index contributed by atoms with van der Waals surface area (Å²) in [6, 6.07) is 3.28. The molecule has 20 heavy (non-hydrogen) atoms. The van der Waals surface area contributed by atoms with E-state index >= 15 is 0 Å². The molecule has 3 rings (SSSR count). The van der Waals surface area contributed by atoms with Gasteiger partial charge in [-0.25, -0.2) is 4.98 Å². The molecule has 1 N–H and O–H groups in total. The van der Waals surface area contributed by atoms with Crippen LogP contribution in [0, 0.1) is 11.9 Å². The van der Waals surface area contributed by atoms with E-state index < -0.39 is 23.7 Å². The van der Waals surface area contributed by atoms with Gasteiger partial charge in [0, 0.05) is 23.8 Å². The summed E-state index contributed by atoms with van der Waals surface area (Å²) < 4.78 is 16.0. The molecule has 1 aliphatic heterocycles. The number of carbonyl (C=O) groups excluding carboxylic acids is 1. The Morgan fingerprint density at radius 3 is 2.75 bits per heavy atom. The van der Waals surface area contributed by atoms with Crippen LogP contribution in [0.2, 0.25) is 0 Å². The van der Waals surface area contributed by atoms with Crippen molar-refractivity contribution < 1.29 is 19.1 Å². The Labute approximate surface area is 120 Å². The van der Waals surface area contributed by atoms with Crippen LogP contribution in [0.1, 0.15) is 10.5 Å². The Morgan fingerprint density at radius 2 is 2.10 bits per heavy atom. The second-order valence-corrected chi connectivity index (χ2v) is 5.49. The van der Waals surface area contributed by atoms with Crippen LogP contribution in [-0.2, 0) is 4.79 Å². The Hall–Kier alpha value is -1.96. The van der Waals surface area contributed by atoms with Crippen molar-refractivity contribution in [1.82, 2.24) is 14.3 Å². The number of imidazole rings is 1. The van der Waals surface area contributed by atoms with E-state index in [-0.39, 0.29) is 18.8 Å². The molecule has 0 spiro atoms. The lowest BCUT2D eigenvalue weighted by Gasteiger charge is -2.36. The first-order valence-corrected chi connectivity index (χ1v) is 6.62. The van der Waals surface area contributed by atoms with Crippen LogP contribution in [-0.4, -0.2) is 44.4 Å². The predicted octanol–water partition coefficient (Wildman–Crippen LogP) is 1.39. The number of aliphatic carboxylic acids is 1. The minimum absolute atomic E-state index is 0.0885. The zero-order valence-electron chi connectivity index (χ0n) is 10.1. The van der Waals surface area contributed by atoms with Crippen LogP contribution in [0.4, 0.5) is 4.39 Å². The highest BCUT2D eigenvalue weighted by Crippen LogP contribution is 2.21. The number of carboxylic acid groups (broad SMARTS) is 1. The number of rotatable bonds is 2. The number of hydrogen-bond donors (Lipinski definition) is 1. The second-order valence-electron chi connectivity index (χ2n) is 4.57. The van der Waals surface area contributed by atoms with Gasteiger partial charge in [-0.2, -0.15) is 4.39 Å². The van der Waals surface area contributed by atoms with Gasteiger partial charge < -0.3 is 10.0 Å². The normalized spacial score (nSPS) is 15.4. The summed E-state index contributed by atoms with van der Waals surface area (Å²) in [5.41, 5.74) is 0.0382. The molecular weight excluding hydrogens is 333 g/mol. The van der Waals surface area contributed by atoms with Crippen molar-refractivity contribution in [3.8, 4) is 0 Å². The van der Waals surface area contributed by atoms with Crippen LogP contribution in [0.3, 0.4) is 0 Å². The molecule has 0 radical (unpaired) electrons. The van der Waals surface area contributed by atoms with Crippen LogP contribution < -0.4 is 0 Å². The maximum atomic E-state index is 14.2. The van der Waals surface area contributed by atoms with E-state index in [9.17, 15) is 14.0 Å². The first kappa shape index (κ1) is 13.0. The van der Waals surface area contributed by atoms with E-state index in [4.69, 9.17) is 5.11 Å². The molecule has 2 aromatic rings. The smallest absolute Gasteiger partial charge is 0.310 e. The first-order valence-electron chi connectivity index (χ1n) is 5.82. The molecule has 1 saturated heterocycles. The molecule has 0 aliphatic carbocycles. The third-order valence-electron chi connectivity index (χ3n) is 3.24. The lowest BCUT2D eigenvalue weighted by Crippen LogP contribution is -2.53. The molecule has 104 valence electrons.